The van der Waals surface area contributed by atoms with Gasteiger partial charge in [0.1, 0.15) is 11.3 Å². The molecule has 0 aliphatic rings. The molecule has 0 unspecified atom stereocenters. The summed E-state index contributed by atoms with van der Waals surface area (Å²) in [6.45, 7) is 2.65. The zero-order chi connectivity index (χ0) is 20.1. The van der Waals surface area contributed by atoms with Gasteiger partial charge in [-0.05, 0) is 19.1 Å². The molecule has 148 valence electrons. The second kappa shape index (κ2) is 8.79. The molecule has 0 aliphatic heterocycles. The van der Waals surface area contributed by atoms with E-state index in [1.54, 1.807) is 25.0 Å². The third-order valence-corrected chi connectivity index (χ3v) is 4.91. The molecule has 3 aromatic rings. The molecule has 0 aliphatic carbocycles. The summed E-state index contributed by atoms with van der Waals surface area (Å²) in [5.41, 5.74) is 1.44. The molecule has 1 N–H and O–H groups in total. The minimum atomic E-state index is -0.135. The highest BCUT2D eigenvalue weighted by molar-refractivity contribution is 7.99. The van der Waals surface area contributed by atoms with Crippen LogP contribution in [-0.2, 0) is 18.4 Å². The smallest absolute Gasteiger partial charge is 0.243 e. The van der Waals surface area contributed by atoms with Gasteiger partial charge in [0.2, 0.25) is 11.8 Å². The number of anilines is 1. The number of nitrogens with zero attached hydrogens (tertiary/aromatic N) is 5. The average molecular weight is 402 g/mol. The van der Waals surface area contributed by atoms with Crippen molar-refractivity contribution in [3.63, 3.8) is 0 Å². The van der Waals surface area contributed by atoms with E-state index in [0.29, 0.717) is 34.8 Å². The lowest BCUT2D eigenvalue weighted by Gasteiger charge is -2.08. The molecule has 10 heteroatoms. The third-order valence-electron chi connectivity index (χ3n) is 3.95. The number of methoxy groups -OCH3 is 2. The predicted octanol–water partition coefficient (Wildman–Crippen LogP) is 2.45. The van der Waals surface area contributed by atoms with Gasteiger partial charge in [-0.25, -0.2) is 0 Å². The fourth-order valence-corrected chi connectivity index (χ4v) is 3.48. The zero-order valence-electron chi connectivity index (χ0n) is 16.2. The first-order chi connectivity index (χ1) is 13.5. The molecule has 3 rings (SSSR count). The average Bonchev–Trinajstić information content (AvgIpc) is 3.28. The molecule has 2 heterocycles. The number of ether oxygens (including phenoxy) is 2. The summed E-state index contributed by atoms with van der Waals surface area (Å²) in [7, 11) is 4.97. The lowest BCUT2D eigenvalue weighted by Crippen LogP contribution is -2.14. The van der Waals surface area contributed by atoms with Crippen molar-refractivity contribution in [2.24, 2.45) is 7.05 Å². The van der Waals surface area contributed by atoms with Crippen LogP contribution in [0.25, 0.3) is 11.4 Å². The van der Waals surface area contributed by atoms with Crippen molar-refractivity contribution < 1.29 is 14.3 Å². The number of hydrogen-bond donors (Lipinski definition) is 1. The highest BCUT2D eigenvalue weighted by Crippen LogP contribution is 2.30. The Morgan fingerprint density at radius 2 is 2.07 bits per heavy atom. The van der Waals surface area contributed by atoms with Crippen molar-refractivity contribution in [3.05, 3.63) is 30.5 Å². The van der Waals surface area contributed by atoms with Gasteiger partial charge in [-0.3, -0.25) is 9.48 Å². The van der Waals surface area contributed by atoms with E-state index in [1.165, 1.54) is 11.8 Å². The number of benzene rings is 1. The maximum absolute atomic E-state index is 12.3. The summed E-state index contributed by atoms with van der Waals surface area (Å²) in [6, 6.07) is 7.22. The van der Waals surface area contributed by atoms with Crippen LogP contribution in [0.15, 0.2) is 35.6 Å². The van der Waals surface area contributed by atoms with Crippen LogP contribution in [0.2, 0.25) is 0 Å². The van der Waals surface area contributed by atoms with E-state index in [9.17, 15) is 4.79 Å². The number of aromatic nitrogens is 5. The van der Waals surface area contributed by atoms with Gasteiger partial charge in [0.15, 0.2) is 11.0 Å². The van der Waals surface area contributed by atoms with Gasteiger partial charge in [0, 0.05) is 31.5 Å². The Labute approximate surface area is 167 Å². The maximum atomic E-state index is 12.3. The van der Waals surface area contributed by atoms with Crippen molar-refractivity contribution in [1.82, 2.24) is 24.5 Å². The van der Waals surface area contributed by atoms with E-state index in [-0.39, 0.29) is 11.7 Å². The molecular weight excluding hydrogens is 380 g/mol. The van der Waals surface area contributed by atoms with Crippen LogP contribution in [0, 0.1) is 0 Å². The minimum Gasteiger partial charge on any atom is -0.497 e. The fraction of sp³-hybridized carbons (Fsp3) is 0.333. The van der Waals surface area contributed by atoms with Crippen LogP contribution in [0.3, 0.4) is 0 Å². The number of aryl methyl sites for hydroxylation is 1. The Morgan fingerprint density at radius 3 is 2.79 bits per heavy atom. The SMILES string of the molecule is CCn1c(SCC(=O)Nc2cccc(OC)c2)nnc1-c1cn(C)nc1OC. The summed E-state index contributed by atoms with van der Waals surface area (Å²) in [5, 5.41) is 16.3. The molecule has 0 saturated carbocycles. The maximum Gasteiger partial charge on any atom is 0.243 e. The normalized spacial score (nSPS) is 10.7. The number of hydrogen-bond acceptors (Lipinski definition) is 7. The third kappa shape index (κ3) is 4.28. The van der Waals surface area contributed by atoms with E-state index in [0.717, 1.165) is 5.56 Å². The van der Waals surface area contributed by atoms with Crippen LogP contribution in [0.5, 0.6) is 11.6 Å². The van der Waals surface area contributed by atoms with Crippen molar-refractivity contribution >= 4 is 23.4 Å². The van der Waals surface area contributed by atoms with E-state index in [2.05, 4.69) is 20.6 Å². The van der Waals surface area contributed by atoms with Crippen LogP contribution in [0.1, 0.15) is 6.92 Å². The highest BCUT2D eigenvalue weighted by Gasteiger charge is 2.20. The number of carbonyl (C=O) groups is 1. The Balaban J connectivity index is 1.71. The van der Waals surface area contributed by atoms with E-state index in [4.69, 9.17) is 9.47 Å². The summed E-state index contributed by atoms with van der Waals surface area (Å²) in [4.78, 5) is 12.3. The fourth-order valence-electron chi connectivity index (χ4n) is 2.68. The molecule has 0 bridgehead atoms. The molecule has 1 amide bonds. The molecule has 0 spiro atoms. The van der Waals surface area contributed by atoms with E-state index in [1.807, 2.05) is 42.9 Å². The van der Waals surface area contributed by atoms with Crippen molar-refractivity contribution in [2.45, 2.75) is 18.6 Å². The molecular formula is C18H22N6O3S. The summed E-state index contributed by atoms with van der Waals surface area (Å²) in [5.74, 6) is 1.90. The summed E-state index contributed by atoms with van der Waals surface area (Å²) < 4.78 is 14.1. The summed E-state index contributed by atoms with van der Waals surface area (Å²) >= 11 is 1.32. The highest BCUT2D eigenvalue weighted by atomic mass is 32.2. The zero-order valence-corrected chi connectivity index (χ0v) is 17.0. The van der Waals surface area contributed by atoms with Crippen LogP contribution in [0.4, 0.5) is 5.69 Å². The van der Waals surface area contributed by atoms with E-state index >= 15 is 0 Å². The topological polar surface area (TPSA) is 96.1 Å². The molecule has 1 aromatic carbocycles. The van der Waals surface area contributed by atoms with Crippen LogP contribution < -0.4 is 14.8 Å². The standard InChI is InChI=1S/C18H22N6O3S/c1-5-24-16(14-10-23(2)22-17(14)27-4)20-21-18(24)28-11-15(25)19-12-7-6-8-13(9-12)26-3/h6-10H,5,11H2,1-4H3,(H,19,25). The number of rotatable bonds is 8. The molecule has 0 fully saturated rings. The van der Waals surface area contributed by atoms with Gasteiger partial charge in [0.05, 0.1) is 20.0 Å². The number of nitrogens with one attached hydrogen (secondary N) is 1. The summed E-state index contributed by atoms with van der Waals surface area (Å²) in [6.07, 6.45) is 1.83. The Morgan fingerprint density at radius 1 is 1.25 bits per heavy atom. The largest absolute Gasteiger partial charge is 0.497 e. The molecule has 2 aromatic heterocycles. The first kappa shape index (κ1) is 19.7. The van der Waals surface area contributed by atoms with Gasteiger partial charge in [-0.1, -0.05) is 17.8 Å². The first-order valence-corrected chi connectivity index (χ1v) is 9.62. The Hall–Kier alpha value is -3.01. The molecule has 0 saturated heterocycles. The van der Waals surface area contributed by atoms with Gasteiger partial charge >= 0.3 is 0 Å². The molecule has 9 nitrogen and oxygen atoms in total. The quantitative estimate of drug-likeness (QED) is 0.578. The van der Waals surface area contributed by atoms with E-state index < -0.39 is 0 Å². The van der Waals surface area contributed by atoms with Gasteiger partial charge in [-0.15, -0.1) is 15.3 Å². The lowest BCUT2D eigenvalue weighted by atomic mass is 10.3. The Kier molecular flexibility index (Phi) is 6.19. The van der Waals surface area contributed by atoms with Crippen molar-refractivity contribution in [3.8, 4) is 23.0 Å². The lowest BCUT2D eigenvalue weighted by molar-refractivity contribution is -0.113. The van der Waals surface area contributed by atoms with Crippen LogP contribution >= 0.6 is 11.8 Å². The molecule has 0 atom stereocenters. The van der Waals surface area contributed by atoms with Crippen molar-refractivity contribution in [2.75, 3.05) is 25.3 Å². The molecule has 28 heavy (non-hydrogen) atoms. The van der Waals surface area contributed by atoms with Gasteiger partial charge in [-0.2, -0.15) is 0 Å². The van der Waals surface area contributed by atoms with Gasteiger partial charge in [0.25, 0.3) is 0 Å². The second-order valence-corrected chi connectivity index (χ2v) is 6.79. The second-order valence-electron chi connectivity index (χ2n) is 5.84. The number of carbonyl (C=O) groups excluding carboxylic acids is 1. The predicted molar refractivity (Wildman–Crippen MR) is 107 cm³/mol. The van der Waals surface area contributed by atoms with Crippen LogP contribution in [-0.4, -0.2) is 50.4 Å². The number of amides is 1. The molecule has 0 radical (unpaired) electrons. The monoisotopic (exact) mass is 402 g/mol. The number of thioether (sulfide) groups is 1. The Bertz CT molecular complexity index is 968. The van der Waals surface area contributed by atoms with Crippen molar-refractivity contribution in [1.29, 1.82) is 0 Å². The first-order valence-electron chi connectivity index (χ1n) is 8.63. The van der Waals surface area contributed by atoms with Gasteiger partial charge < -0.3 is 19.4 Å². The minimum absolute atomic E-state index is 0.135.